The highest BCUT2D eigenvalue weighted by molar-refractivity contribution is 5.95. The Bertz CT molecular complexity index is 795. The SMILES string of the molecule is CCOc1ccc(-n2ncc(C(=O)N3CC[C@@H]4CNC[C@@H]4CC3)c2C)nn1.Cl. The Labute approximate surface area is 171 Å². The number of carbonyl (C=O) groups excluding carboxylic acids is 1. The van der Waals surface area contributed by atoms with E-state index >= 15 is 0 Å². The van der Waals surface area contributed by atoms with Gasteiger partial charge in [-0.3, -0.25) is 4.79 Å². The van der Waals surface area contributed by atoms with Crippen molar-refractivity contribution < 1.29 is 9.53 Å². The molecule has 0 aromatic carbocycles. The van der Waals surface area contributed by atoms with E-state index in [-0.39, 0.29) is 18.3 Å². The van der Waals surface area contributed by atoms with E-state index in [1.54, 1.807) is 23.0 Å². The van der Waals surface area contributed by atoms with Gasteiger partial charge in [0, 0.05) is 19.2 Å². The molecule has 1 amide bonds. The summed E-state index contributed by atoms with van der Waals surface area (Å²) >= 11 is 0. The molecule has 4 heterocycles. The van der Waals surface area contributed by atoms with Crippen molar-refractivity contribution in [2.45, 2.75) is 26.7 Å². The van der Waals surface area contributed by atoms with E-state index in [1.807, 2.05) is 18.7 Å². The number of fused-ring (bicyclic) bond motifs is 1. The normalized spacial score (nSPS) is 21.6. The molecule has 0 bridgehead atoms. The maximum absolute atomic E-state index is 13.1. The van der Waals surface area contributed by atoms with Gasteiger partial charge in [-0.05, 0) is 57.7 Å². The van der Waals surface area contributed by atoms with E-state index < -0.39 is 0 Å². The van der Waals surface area contributed by atoms with E-state index in [9.17, 15) is 4.79 Å². The lowest BCUT2D eigenvalue weighted by Crippen LogP contribution is -2.33. The minimum absolute atomic E-state index is 0. The van der Waals surface area contributed by atoms with Crippen molar-refractivity contribution in [3.63, 3.8) is 0 Å². The maximum Gasteiger partial charge on any atom is 0.257 e. The van der Waals surface area contributed by atoms with Crippen LogP contribution in [0.4, 0.5) is 0 Å². The Morgan fingerprint density at radius 2 is 1.93 bits per heavy atom. The highest BCUT2D eigenvalue weighted by atomic mass is 35.5. The first-order valence-corrected chi connectivity index (χ1v) is 9.69. The number of halogens is 1. The molecule has 2 aromatic rings. The highest BCUT2D eigenvalue weighted by Crippen LogP contribution is 2.28. The predicted molar refractivity (Wildman–Crippen MR) is 107 cm³/mol. The second-order valence-electron chi connectivity index (χ2n) is 7.27. The third-order valence-electron chi connectivity index (χ3n) is 5.68. The zero-order chi connectivity index (χ0) is 18.8. The number of aromatic nitrogens is 4. The van der Waals surface area contributed by atoms with Crippen molar-refractivity contribution in [3.05, 3.63) is 29.6 Å². The summed E-state index contributed by atoms with van der Waals surface area (Å²) in [5.41, 5.74) is 1.42. The number of hydrogen-bond donors (Lipinski definition) is 1. The van der Waals surface area contributed by atoms with Gasteiger partial charge in [-0.1, -0.05) is 0 Å². The molecule has 2 aliphatic heterocycles. The number of rotatable bonds is 4. The van der Waals surface area contributed by atoms with Gasteiger partial charge < -0.3 is 15.0 Å². The van der Waals surface area contributed by atoms with Gasteiger partial charge >= 0.3 is 0 Å². The van der Waals surface area contributed by atoms with E-state index in [2.05, 4.69) is 20.6 Å². The summed E-state index contributed by atoms with van der Waals surface area (Å²) in [6.07, 6.45) is 3.78. The van der Waals surface area contributed by atoms with Crippen molar-refractivity contribution in [2.75, 3.05) is 32.8 Å². The van der Waals surface area contributed by atoms with Crippen molar-refractivity contribution in [1.82, 2.24) is 30.2 Å². The first-order chi connectivity index (χ1) is 13.2. The monoisotopic (exact) mass is 406 g/mol. The lowest BCUT2D eigenvalue weighted by atomic mass is 9.92. The number of amides is 1. The molecule has 2 fully saturated rings. The van der Waals surface area contributed by atoms with Gasteiger partial charge in [0.1, 0.15) is 0 Å². The Morgan fingerprint density at radius 3 is 2.54 bits per heavy atom. The van der Waals surface area contributed by atoms with Crippen LogP contribution in [0.2, 0.25) is 0 Å². The summed E-state index contributed by atoms with van der Waals surface area (Å²) < 4.78 is 6.98. The van der Waals surface area contributed by atoms with Gasteiger partial charge in [0.15, 0.2) is 5.82 Å². The first-order valence-electron chi connectivity index (χ1n) is 9.69. The van der Waals surface area contributed by atoms with E-state index in [4.69, 9.17) is 4.74 Å². The van der Waals surface area contributed by atoms with Crippen LogP contribution in [-0.4, -0.2) is 63.6 Å². The Kier molecular flexibility index (Phi) is 6.51. The summed E-state index contributed by atoms with van der Waals surface area (Å²) in [5, 5.41) is 16.0. The largest absolute Gasteiger partial charge is 0.477 e. The van der Waals surface area contributed by atoms with Gasteiger partial charge in [-0.25, -0.2) is 4.68 Å². The third kappa shape index (κ3) is 3.98. The van der Waals surface area contributed by atoms with Crippen molar-refractivity contribution in [2.24, 2.45) is 11.8 Å². The van der Waals surface area contributed by atoms with Crippen LogP contribution < -0.4 is 10.1 Å². The lowest BCUT2D eigenvalue weighted by Gasteiger charge is -2.20. The molecule has 0 radical (unpaired) electrons. The zero-order valence-corrected chi connectivity index (χ0v) is 17.1. The Balaban J connectivity index is 0.00000225. The number of carbonyl (C=O) groups is 1. The summed E-state index contributed by atoms with van der Waals surface area (Å²) in [7, 11) is 0. The second kappa shape index (κ2) is 8.87. The van der Waals surface area contributed by atoms with Crippen molar-refractivity contribution in [1.29, 1.82) is 0 Å². The van der Waals surface area contributed by atoms with Crippen LogP contribution >= 0.6 is 12.4 Å². The van der Waals surface area contributed by atoms with Crippen molar-refractivity contribution >= 4 is 18.3 Å². The second-order valence-corrected chi connectivity index (χ2v) is 7.27. The van der Waals surface area contributed by atoms with Crippen LogP contribution in [0.1, 0.15) is 35.8 Å². The molecule has 0 aliphatic carbocycles. The average molecular weight is 407 g/mol. The minimum Gasteiger partial charge on any atom is -0.477 e. The number of likely N-dealkylation sites (tertiary alicyclic amines) is 1. The van der Waals surface area contributed by atoms with Crippen LogP contribution in [0.25, 0.3) is 5.82 Å². The standard InChI is InChI=1S/C19H26N6O2.ClH/c1-3-27-18-5-4-17(22-23-18)25-13(2)16(12-21-25)19(26)24-8-6-14-10-20-11-15(14)7-9-24;/h4-5,12,14-15,20H,3,6-11H2,1-2H3;1H/t14-,15+;. The minimum atomic E-state index is 0. The molecule has 2 atom stereocenters. The molecular formula is C19H27ClN6O2. The number of ether oxygens (including phenoxy) is 1. The van der Waals surface area contributed by atoms with Crippen LogP contribution in [0.3, 0.4) is 0 Å². The fourth-order valence-electron chi connectivity index (χ4n) is 4.09. The van der Waals surface area contributed by atoms with Gasteiger partial charge in [0.2, 0.25) is 5.88 Å². The number of hydrogen-bond acceptors (Lipinski definition) is 6. The highest BCUT2D eigenvalue weighted by Gasteiger charge is 2.32. The molecule has 2 aliphatic rings. The molecule has 9 heteroatoms. The fourth-order valence-corrected chi connectivity index (χ4v) is 4.09. The predicted octanol–water partition coefficient (Wildman–Crippen LogP) is 1.86. The molecule has 2 saturated heterocycles. The van der Waals surface area contributed by atoms with Gasteiger partial charge in [0.25, 0.3) is 5.91 Å². The summed E-state index contributed by atoms with van der Waals surface area (Å²) in [6, 6.07) is 3.56. The third-order valence-corrected chi connectivity index (χ3v) is 5.68. The van der Waals surface area contributed by atoms with E-state index in [1.165, 1.54) is 0 Å². The zero-order valence-electron chi connectivity index (χ0n) is 16.3. The Hall–Kier alpha value is -2.19. The number of nitrogens with zero attached hydrogens (tertiary/aromatic N) is 5. The molecule has 1 N–H and O–H groups in total. The molecule has 4 rings (SSSR count). The molecule has 0 spiro atoms. The van der Waals surface area contributed by atoms with Crippen LogP contribution in [-0.2, 0) is 0 Å². The Morgan fingerprint density at radius 1 is 1.21 bits per heavy atom. The van der Waals surface area contributed by atoms with Gasteiger partial charge in [-0.15, -0.1) is 22.6 Å². The average Bonchev–Trinajstić information content (AvgIpc) is 3.23. The molecule has 2 aromatic heterocycles. The maximum atomic E-state index is 13.1. The molecule has 152 valence electrons. The summed E-state index contributed by atoms with van der Waals surface area (Å²) in [5.74, 6) is 2.51. The topological polar surface area (TPSA) is 85.2 Å². The molecular weight excluding hydrogens is 380 g/mol. The molecule has 0 saturated carbocycles. The van der Waals surface area contributed by atoms with Crippen molar-refractivity contribution in [3.8, 4) is 11.7 Å². The lowest BCUT2D eigenvalue weighted by molar-refractivity contribution is 0.0757. The van der Waals surface area contributed by atoms with Crippen LogP contribution in [0.15, 0.2) is 18.3 Å². The quantitative estimate of drug-likeness (QED) is 0.834. The van der Waals surface area contributed by atoms with Gasteiger partial charge in [0.05, 0.1) is 24.1 Å². The first kappa shape index (κ1) is 20.5. The van der Waals surface area contributed by atoms with Gasteiger partial charge in [-0.2, -0.15) is 5.10 Å². The van der Waals surface area contributed by atoms with E-state index in [0.717, 1.165) is 44.7 Å². The fraction of sp³-hybridized carbons (Fsp3) is 0.579. The van der Waals surface area contributed by atoms with E-state index in [0.29, 0.717) is 35.7 Å². The summed E-state index contributed by atoms with van der Waals surface area (Å²) in [6.45, 7) is 8.14. The van der Waals surface area contributed by atoms with Crippen LogP contribution in [0, 0.1) is 18.8 Å². The molecule has 8 nitrogen and oxygen atoms in total. The summed E-state index contributed by atoms with van der Waals surface area (Å²) in [4.78, 5) is 15.1. The number of nitrogens with one attached hydrogen (secondary N) is 1. The molecule has 28 heavy (non-hydrogen) atoms. The van der Waals surface area contributed by atoms with Crippen LogP contribution in [0.5, 0.6) is 5.88 Å². The smallest absolute Gasteiger partial charge is 0.257 e. The molecule has 0 unspecified atom stereocenters.